The normalized spacial score (nSPS) is 11.2. The van der Waals surface area contributed by atoms with Crippen LogP contribution in [0.5, 0.6) is 17.2 Å². The fourth-order valence-corrected chi connectivity index (χ4v) is 4.01. The van der Waals surface area contributed by atoms with Crippen LogP contribution in [0.1, 0.15) is 12.5 Å². The number of carbonyl (C=O) groups is 1. The predicted octanol–water partition coefficient (Wildman–Crippen LogP) is 4.32. The molecule has 0 atom stereocenters. The van der Waals surface area contributed by atoms with Crippen LogP contribution in [0.15, 0.2) is 77.2 Å². The second-order valence-corrected chi connectivity index (χ2v) is 8.83. The molecule has 12 heteroatoms. The van der Waals surface area contributed by atoms with E-state index in [1.807, 2.05) is 0 Å². The number of nitrogens with one attached hydrogen (secondary N) is 1. The first kappa shape index (κ1) is 26.7. The summed E-state index contributed by atoms with van der Waals surface area (Å²) in [7, 11) is -2.73. The highest BCUT2D eigenvalue weighted by molar-refractivity contribution is 7.87. The number of nitro groups is 1. The molecule has 0 aliphatic carbocycles. The first-order valence-corrected chi connectivity index (χ1v) is 12.1. The number of methoxy groups -OCH3 is 1. The molecule has 0 heterocycles. The number of amides is 1. The number of nitro benzene ring substituents is 1. The zero-order valence-electron chi connectivity index (χ0n) is 19.7. The number of non-ortho nitro benzene ring substituents is 1. The molecule has 0 spiro atoms. The summed E-state index contributed by atoms with van der Waals surface area (Å²) < 4.78 is 41.3. The van der Waals surface area contributed by atoms with Crippen LogP contribution in [0.3, 0.4) is 0 Å². The van der Waals surface area contributed by atoms with Crippen molar-refractivity contribution in [1.82, 2.24) is 0 Å². The van der Waals surface area contributed by atoms with Crippen molar-refractivity contribution >= 4 is 33.5 Å². The van der Waals surface area contributed by atoms with Gasteiger partial charge in [0.2, 0.25) is 0 Å². The van der Waals surface area contributed by atoms with Gasteiger partial charge >= 0.3 is 10.1 Å². The van der Waals surface area contributed by atoms with E-state index in [9.17, 15) is 28.6 Å². The number of nitrogens with zero attached hydrogens (tertiary/aromatic N) is 2. The lowest BCUT2D eigenvalue weighted by atomic mass is 10.1. The van der Waals surface area contributed by atoms with Crippen molar-refractivity contribution in [3.05, 3.63) is 88.0 Å². The summed E-state index contributed by atoms with van der Waals surface area (Å²) in [5.41, 5.74) is -0.0264. The van der Waals surface area contributed by atoms with Gasteiger partial charge in [-0.15, -0.1) is 0 Å². The van der Waals surface area contributed by atoms with Gasteiger partial charge in [0.1, 0.15) is 22.3 Å². The monoisotopic (exact) mass is 523 g/mol. The number of hydrogen-bond acceptors (Lipinski definition) is 9. The van der Waals surface area contributed by atoms with Gasteiger partial charge in [-0.1, -0.05) is 12.1 Å². The molecule has 0 radical (unpaired) electrons. The third kappa shape index (κ3) is 6.83. The van der Waals surface area contributed by atoms with Crippen LogP contribution in [0, 0.1) is 21.4 Å². The van der Waals surface area contributed by atoms with Gasteiger partial charge in [0, 0.05) is 17.8 Å². The van der Waals surface area contributed by atoms with Crippen molar-refractivity contribution in [3.8, 4) is 23.3 Å². The molecule has 0 fully saturated rings. The molecule has 0 aliphatic rings. The fraction of sp³-hybridized carbons (Fsp3) is 0.120. The predicted molar refractivity (Wildman–Crippen MR) is 134 cm³/mol. The molecule has 1 N–H and O–H groups in total. The zero-order valence-corrected chi connectivity index (χ0v) is 20.5. The third-order valence-corrected chi connectivity index (χ3v) is 6.05. The lowest BCUT2D eigenvalue weighted by Gasteiger charge is -2.13. The first-order valence-electron chi connectivity index (χ1n) is 10.7. The Kier molecular flexibility index (Phi) is 8.44. The van der Waals surface area contributed by atoms with Crippen LogP contribution in [-0.2, 0) is 14.9 Å². The van der Waals surface area contributed by atoms with Crippen LogP contribution >= 0.6 is 0 Å². The second-order valence-electron chi connectivity index (χ2n) is 7.28. The molecule has 0 unspecified atom stereocenters. The van der Waals surface area contributed by atoms with Crippen LogP contribution in [-0.4, -0.2) is 33.0 Å². The maximum atomic E-state index is 12.7. The number of carbonyl (C=O) groups excluding carboxylic acids is 1. The Morgan fingerprint density at radius 3 is 2.46 bits per heavy atom. The summed E-state index contributed by atoms with van der Waals surface area (Å²) >= 11 is 0. The van der Waals surface area contributed by atoms with E-state index < -0.39 is 20.9 Å². The molecule has 0 saturated heterocycles. The Hall–Kier alpha value is -4.89. The number of anilines is 1. The summed E-state index contributed by atoms with van der Waals surface area (Å²) in [6.07, 6.45) is 1.26. The lowest BCUT2D eigenvalue weighted by Crippen LogP contribution is -2.13. The molecule has 11 nitrogen and oxygen atoms in total. The van der Waals surface area contributed by atoms with Crippen molar-refractivity contribution in [2.75, 3.05) is 19.0 Å². The van der Waals surface area contributed by atoms with E-state index in [1.54, 1.807) is 13.0 Å². The summed E-state index contributed by atoms with van der Waals surface area (Å²) in [5, 5.41) is 22.9. The fourth-order valence-electron chi connectivity index (χ4n) is 3.07. The highest BCUT2D eigenvalue weighted by Gasteiger charge is 2.20. The summed E-state index contributed by atoms with van der Waals surface area (Å²) in [6, 6.07) is 16.9. The standard InChI is InChI=1S/C25H21N3O8S/c1-3-35-24-14-17(7-12-23(24)36-37(32,33)22-10-8-21(34-2)9-11-22)13-18(16-26)25(29)27-19-5-4-6-20(15-19)28(30)31/h4-15H,3H2,1-2H3,(H,27,29)/b18-13+. The van der Waals surface area contributed by atoms with Gasteiger partial charge in [0.25, 0.3) is 11.6 Å². The molecule has 1 amide bonds. The van der Waals surface area contributed by atoms with Gasteiger partial charge in [-0.2, -0.15) is 13.7 Å². The second kappa shape index (κ2) is 11.7. The molecule has 190 valence electrons. The summed E-state index contributed by atoms with van der Waals surface area (Å²) in [6.45, 7) is 1.88. The largest absolute Gasteiger partial charge is 0.497 e. The molecule has 0 aromatic heterocycles. The molecule has 0 aliphatic heterocycles. The summed E-state index contributed by atoms with van der Waals surface area (Å²) in [5.74, 6) is -0.324. The van der Waals surface area contributed by atoms with Crippen LogP contribution in [0.25, 0.3) is 6.08 Å². The number of hydrogen-bond donors (Lipinski definition) is 1. The minimum Gasteiger partial charge on any atom is -0.497 e. The molecule has 3 aromatic rings. The van der Waals surface area contributed by atoms with Gasteiger partial charge in [-0.25, -0.2) is 0 Å². The molecular formula is C25H21N3O8S. The maximum Gasteiger partial charge on any atom is 0.339 e. The number of ether oxygens (including phenoxy) is 2. The van der Waals surface area contributed by atoms with Crippen LogP contribution in [0.2, 0.25) is 0 Å². The van der Waals surface area contributed by atoms with E-state index >= 15 is 0 Å². The van der Waals surface area contributed by atoms with E-state index in [0.29, 0.717) is 11.3 Å². The van der Waals surface area contributed by atoms with E-state index in [1.165, 1.54) is 73.8 Å². The molecule has 37 heavy (non-hydrogen) atoms. The Morgan fingerprint density at radius 1 is 1.11 bits per heavy atom. The average molecular weight is 524 g/mol. The molecule has 0 bridgehead atoms. The van der Waals surface area contributed by atoms with Crippen molar-refractivity contribution < 1.29 is 31.8 Å². The molecule has 3 aromatic carbocycles. The van der Waals surface area contributed by atoms with Gasteiger partial charge in [0.05, 0.1) is 18.6 Å². The van der Waals surface area contributed by atoms with Gasteiger partial charge in [-0.05, 0) is 61.0 Å². The quantitative estimate of drug-likeness (QED) is 0.134. The molecule has 3 rings (SSSR count). The SMILES string of the molecule is CCOc1cc(/C=C(\C#N)C(=O)Nc2cccc([N+](=O)[O-])c2)ccc1OS(=O)(=O)c1ccc(OC)cc1. The summed E-state index contributed by atoms with van der Waals surface area (Å²) in [4.78, 5) is 22.8. The highest BCUT2D eigenvalue weighted by Crippen LogP contribution is 2.32. The first-order chi connectivity index (χ1) is 17.7. The Labute approximate surface area is 212 Å². The Bertz CT molecular complexity index is 1490. The van der Waals surface area contributed by atoms with Crippen molar-refractivity contribution in [2.45, 2.75) is 11.8 Å². The third-order valence-electron chi connectivity index (χ3n) is 4.81. The Morgan fingerprint density at radius 2 is 1.84 bits per heavy atom. The van der Waals surface area contributed by atoms with Crippen LogP contribution in [0.4, 0.5) is 11.4 Å². The molecule has 0 saturated carbocycles. The highest BCUT2D eigenvalue weighted by atomic mass is 32.2. The number of nitriles is 1. The topological polar surface area (TPSA) is 158 Å². The van der Waals surface area contributed by atoms with E-state index in [-0.39, 0.29) is 39.9 Å². The zero-order chi connectivity index (χ0) is 27.0. The van der Waals surface area contributed by atoms with Gasteiger partial charge < -0.3 is 19.0 Å². The molecular weight excluding hydrogens is 502 g/mol. The van der Waals surface area contributed by atoms with Crippen molar-refractivity contribution in [2.24, 2.45) is 0 Å². The van der Waals surface area contributed by atoms with E-state index in [0.717, 1.165) is 6.07 Å². The Balaban J connectivity index is 1.86. The van der Waals surface area contributed by atoms with Crippen molar-refractivity contribution in [1.29, 1.82) is 5.26 Å². The minimum absolute atomic E-state index is 0.0738. The van der Waals surface area contributed by atoms with Gasteiger partial charge in [-0.3, -0.25) is 14.9 Å². The van der Waals surface area contributed by atoms with Crippen molar-refractivity contribution in [3.63, 3.8) is 0 Å². The van der Waals surface area contributed by atoms with E-state index in [2.05, 4.69) is 5.32 Å². The van der Waals surface area contributed by atoms with Crippen LogP contribution < -0.4 is 19.0 Å². The number of benzene rings is 3. The van der Waals surface area contributed by atoms with E-state index in [4.69, 9.17) is 13.7 Å². The smallest absolute Gasteiger partial charge is 0.339 e. The maximum absolute atomic E-state index is 12.7. The lowest BCUT2D eigenvalue weighted by molar-refractivity contribution is -0.384. The average Bonchev–Trinajstić information content (AvgIpc) is 2.88. The minimum atomic E-state index is -4.19. The van der Waals surface area contributed by atoms with Gasteiger partial charge in [0.15, 0.2) is 11.5 Å². The number of rotatable bonds is 10.